The average Bonchev–Trinajstić information content (AvgIpc) is 3.36. The Balaban J connectivity index is 0.00000231. The van der Waals surface area contributed by atoms with Gasteiger partial charge in [-0.25, -0.2) is 4.98 Å². The Bertz CT molecular complexity index is 1400. The molecular weight excluding hydrogens is 390 g/mol. The lowest BCUT2D eigenvalue weighted by molar-refractivity contribution is -0.136. The van der Waals surface area contributed by atoms with Crippen molar-refractivity contribution in [1.82, 2.24) is 15.0 Å². The zero-order chi connectivity index (χ0) is 20.7. The van der Waals surface area contributed by atoms with E-state index in [9.17, 15) is 4.79 Å². The largest absolute Gasteiger partial charge is 0.496 e. The number of carboxylic acids is 1. The first-order valence-electron chi connectivity index (χ1n) is 9.57. The second kappa shape index (κ2) is 7.99. The molecule has 0 fully saturated rings. The number of fused-ring (bicyclic) bond motifs is 2. The number of nitrogens with zero attached hydrogens (tertiary/aromatic N) is 1. The van der Waals surface area contributed by atoms with Crippen LogP contribution in [-0.4, -0.2) is 33.1 Å². The molecule has 0 bridgehead atoms. The third-order valence-corrected chi connectivity index (χ3v) is 5.37. The number of hydrogen-bond acceptors (Lipinski definition) is 3. The Kier molecular flexibility index (Phi) is 5.21. The monoisotopic (exact) mass is 413 g/mol. The molecule has 0 atom stereocenters. The van der Waals surface area contributed by atoms with Crippen LogP contribution in [0.1, 0.15) is 13.0 Å². The third-order valence-electron chi connectivity index (χ3n) is 5.37. The highest BCUT2D eigenvalue weighted by atomic mass is 16.5. The number of nitrogens with one attached hydrogen (secondary N) is 2. The van der Waals surface area contributed by atoms with Gasteiger partial charge in [0.1, 0.15) is 11.4 Å². The highest BCUT2D eigenvalue weighted by molar-refractivity contribution is 5.98. The Hall–Kier alpha value is -4.06. The molecule has 0 aliphatic heterocycles. The van der Waals surface area contributed by atoms with Gasteiger partial charge in [-0.2, -0.15) is 0 Å². The number of rotatable bonds is 5. The summed E-state index contributed by atoms with van der Waals surface area (Å²) in [6.45, 7) is 0. The number of hydrogen-bond donors (Lipinski definition) is 3. The van der Waals surface area contributed by atoms with E-state index in [-0.39, 0.29) is 13.8 Å². The number of para-hydroxylation sites is 1. The lowest BCUT2D eigenvalue weighted by atomic mass is 10.00. The summed E-state index contributed by atoms with van der Waals surface area (Å²) >= 11 is 0. The fourth-order valence-electron chi connectivity index (χ4n) is 3.92. The normalized spacial score (nSPS) is 10.9. The van der Waals surface area contributed by atoms with Gasteiger partial charge in [0, 0.05) is 51.6 Å². The quantitative estimate of drug-likeness (QED) is 0.347. The molecule has 3 aromatic heterocycles. The van der Waals surface area contributed by atoms with Crippen LogP contribution in [0.4, 0.5) is 0 Å². The molecule has 0 radical (unpaired) electrons. The van der Waals surface area contributed by atoms with E-state index in [4.69, 9.17) is 9.84 Å². The number of ether oxygens (including phenoxy) is 1. The predicted octanol–water partition coefficient (Wildman–Crippen LogP) is 5.65. The van der Waals surface area contributed by atoms with Crippen molar-refractivity contribution in [1.29, 1.82) is 0 Å². The van der Waals surface area contributed by atoms with E-state index < -0.39 is 5.97 Å². The lowest BCUT2D eigenvalue weighted by Crippen LogP contribution is -1.98. The fourth-order valence-corrected chi connectivity index (χ4v) is 3.92. The molecule has 3 N–H and O–H groups in total. The molecule has 0 amide bonds. The highest BCUT2D eigenvalue weighted by Crippen LogP contribution is 2.36. The van der Waals surface area contributed by atoms with Gasteiger partial charge in [0.05, 0.1) is 13.5 Å². The smallest absolute Gasteiger partial charge is 0.307 e. The summed E-state index contributed by atoms with van der Waals surface area (Å²) in [7, 11) is 1.66. The summed E-state index contributed by atoms with van der Waals surface area (Å²) in [4.78, 5) is 22.1. The Morgan fingerprint density at radius 2 is 1.81 bits per heavy atom. The minimum absolute atomic E-state index is 0. The van der Waals surface area contributed by atoms with Gasteiger partial charge < -0.3 is 19.8 Å². The van der Waals surface area contributed by atoms with Gasteiger partial charge in [-0.3, -0.25) is 4.79 Å². The molecule has 0 aliphatic rings. The molecule has 0 saturated heterocycles. The summed E-state index contributed by atoms with van der Waals surface area (Å²) in [5.74, 6) is -0.0472. The zero-order valence-electron chi connectivity index (χ0n) is 16.3. The number of carbonyl (C=O) groups is 1. The van der Waals surface area contributed by atoms with Crippen molar-refractivity contribution in [2.45, 2.75) is 13.8 Å². The van der Waals surface area contributed by atoms with Crippen LogP contribution in [-0.2, 0) is 11.2 Å². The van der Waals surface area contributed by atoms with Crippen molar-refractivity contribution in [3.8, 4) is 28.0 Å². The summed E-state index contributed by atoms with van der Waals surface area (Å²) < 4.78 is 5.53. The van der Waals surface area contributed by atoms with Crippen molar-refractivity contribution < 1.29 is 14.6 Å². The lowest BCUT2D eigenvalue weighted by Gasteiger charge is -2.08. The maximum atomic E-state index is 11.2. The first kappa shape index (κ1) is 20.2. The second-order valence-corrected chi connectivity index (χ2v) is 7.17. The van der Waals surface area contributed by atoms with Crippen molar-refractivity contribution in [2.75, 3.05) is 7.11 Å². The standard InChI is InChI=1S/C24H19N3O3.CH4/c1-30-22-5-3-2-4-17(22)20-13-27-24-19(20)9-15(11-26-24)14-6-7-21-18(8-14)16(12-25-21)10-23(28)29;/h2-9,11-13,25H,10H2,1H3,(H,26,27)(H,28,29);1H4. The topological polar surface area (TPSA) is 91.0 Å². The molecule has 2 aromatic carbocycles. The molecule has 5 rings (SSSR count). The molecule has 0 unspecified atom stereocenters. The van der Waals surface area contributed by atoms with Gasteiger partial charge in [0.25, 0.3) is 0 Å². The number of methoxy groups -OCH3 is 1. The second-order valence-electron chi connectivity index (χ2n) is 7.17. The molecule has 3 heterocycles. The van der Waals surface area contributed by atoms with Crippen LogP contribution in [0.15, 0.2) is 67.1 Å². The van der Waals surface area contributed by atoms with E-state index in [0.717, 1.165) is 55.5 Å². The molecule has 31 heavy (non-hydrogen) atoms. The predicted molar refractivity (Wildman–Crippen MR) is 123 cm³/mol. The Morgan fingerprint density at radius 3 is 2.61 bits per heavy atom. The van der Waals surface area contributed by atoms with Crippen molar-refractivity contribution in [3.05, 3.63) is 72.7 Å². The average molecular weight is 413 g/mol. The summed E-state index contributed by atoms with van der Waals surface area (Å²) in [5.41, 5.74) is 6.44. The summed E-state index contributed by atoms with van der Waals surface area (Å²) in [6, 6.07) is 16.0. The third kappa shape index (κ3) is 3.53. The van der Waals surface area contributed by atoms with Crippen LogP contribution in [0.5, 0.6) is 5.75 Å². The Morgan fingerprint density at radius 1 is 1.00 bits per heavy atom. The van der Waals surface area contributed by atoms with Gasteiger partial charge >= 0.3 is 5.97 Å². The highest BCUT2D eigenvalue weighted by Gasteiger charge is 2.14. The van der Waals surface area contributed by atoms with Crippen LogP contribution >= 0.6 is 0 Å². The van der Waals surface area contributed by atoms with E-state index in [1.54, 1.807) is 13.3 Å². The van der Waals surface area contributed by atoms with E-state index in [2.05, 4.69) is 21.0 Å². The zero-order valence-corrected chi connectivity index (χ0v) is 16.3. The number of H-pyrrole nitrogens is 2. The van der Waals surface area contributed by atoms with Crippen LogP contribution in [0.2, 0.25) is 0 Å². The SMILES string of the molecule is C.COc1ccccc1-c1c[nH]c2ncc(-c3ccc4[nH]cc(CC(=O)O)c4c3)cc12. The van der Waals surface area contributed by atoms with Crippen LogP contribution in [0.3, 0.4) is 0 Å². The maximum absolute atomic E-state index is 11.2. The van der Waals surface area contributed by atoms with Gasteiger partial charge in [-0.1, -0.05) is 31.7 Å². The minimum atomic E-state index is -0.849. The first-order valence-corrected chi connectivity index (χ1v) is 9.57. The van der Waals surface area contributed by atoms with E-state index >= 15 is 0 Å². The van der Waals surface area contributed by atoms with Crippen LogP contribution in [0.25, 0.3) is 44.2 Å². The number of carboxylic acid groups (broad SMARTS) is 1. The number of aliphatic carboxylic acids is 1. The summed E-state index contributed by atoms with van der Waals surface area (Å²) in [6.07, 6.45) is 5.52. The minimum Gasteiger partial charge on any atom is -0.496 e. The maximum Gasteiger partial charge on any atom is 0.307 e. The fraction of sp³-hybridized carbons (Fsp3) is 0.120. The van der Waals surface area contributed by atoms with Gasteiger partial charge in [-0.05, 0) is 35.4 Å². The first-order chi connectivity index (χ1) is 14.6. The molecule has 0 saturated carbocycles. The van der Waals surface area contributed by atoms with Crippen LogP contribution in [0, 0.1) is 0 Å². The molecule has 0 spiro atoms. The molecule has 0 aliphatic carbocycles. The summed E-state index contributed by atoms with van der Waals surface area (Å²) in [5, 5.41) is 11.1. The van der Waals surface area contributed by atoms with Gasteiger partial charge in [-0.15, -0.1) is 0 Å². The molecule has 6 heteroatoms. The van der Waals surface area contributed by atoms with E-state index in [1.165, 1.54) is 0 Å². The Labute approximate surface area is 179 Å². The van der Waals surface area contributed by atoms with Crippen molar-refractivity contribution in [3.63, 3.8) is 0 Å². The van der Waals surface area contributed by atoms with Crippen molar-refractivity contribution >= 4 is 27.9 Å². The number of aromatic amines is 2. The number of aromatic nitrogens is 3. The van der Waals surface area contributed by atoms with Gasteiger partial charge in [0.15, 0.2) is 0 Å². The number of pyridine rings is 1. The van der Waals surface area contributed by atoms with Crippen LogP contribution < -0.4 is 4.74 Å². The van der Waals surface area contributed by atoms with E-state index in [1.807, 2.05) is 54.9 Å². The molecular formula is C25H23N3O3. The van der Waals surface area contributed by atoms with Crippen molar-refractivity contribution in [2.24, 2.45) is 0 Å². The number of benzene rings is 2. The molecule has 6 nitrogen and oxygen atoms in total. The van der Waals surface area contributed by atoms with Gasteiger partial charge in [0.2, 0.25) is 0 Å². The molecule has 156 valence electrons. The van der Waals surface area contributed by atoms with E-state index in [0.29, 0.717) is 0 Å². The molecule has 5 aromatic rings.